The molecule has 1 N–H and O–H groups in total. The van der Waals surface area contributed by atoms with Crippen LogP contribution in [0.25, 0.3) is 0 Å². The van der Waals surface area contributed by atoms with Crippen LogP contribution in [0, 0.1) is 0 Å². The highest BCUT2D eigenvalue weighted by atomic mass is 16.5. The first-order chi connectivity index (χ1) is 11.7. The van der Waals surface area contributed by atoms with Gasteiger partial charge in [-0.25, -0.2) is 0 Å². The molecular weight excluding hydrogens is 300 g/mol. The van der Waals surface area contributed by atoms with E-state index in [1.54, 1.807) is 0 Å². The number of carbonyl (C=O) groups excluding carboxylic acids is 1. The summed E-state index contributed by atoms with van der Waals surface area (Å²) < 4.78 is 5.70. The van der Waals surface area contributed by atoms with Crippen LogP contribution in [0.5, 0.6) is 5.75 Å². The van der Waals surface area contributed by atoms with Crippen LogP contribution in [-0.2, 0) is 11.2 Å². The van der Waals surface area contributed by atoms with Gasteiger partial charge in [-0.15, -0.1) is 0 Å². The van der Waals surface area contributed by atoms with Crippen molar-refractivity contribution in [2.75, 3.05) is 25.0 Å². The lowest BCUT2D eigenvalue weighted by Gasteiger charge is -2.19. The van der Waals surface area contributed by atoms with Gasteiger partial charge >= 0.3 is 0 Å². The van der Waals surface area contributed by atoms with E-state index in [1.807, 2.05) is 42.5 Å². The van der Waals surface area contributed by atoms with Gasteiger partial charge in [-0.3, -0.25) is 4.79 Å². The number of benzene rings is 2. The van der Waals surface area contributed by atoms with Gasteiger partial charge in [-0.1, -0.05) is 36.4 Å². The van der Waals surface area contributed by atoms with E-state index in [0.29, 0.717) is 13.0 Å². The van der Waals surface area contributed by atoms with Gasteiger partial charge in [0.2, 0.25) is 0 Å². The largest absolute Gasteiger partial charge is 0.480 e. The molecule has 1 amide bonds. The van der Waals surface area contributed by atoms with Crippen molar-refractivity contribution in [3.63, 3.8) is 0 Å². The summed E-state index contributed by atoms with van der Waals surface area (Å²) in [5.41, 5.74) is 2.33. The molecule has 0 saturated heterocycles. The third-order valence-electron chi connectivity index (χ3n) is 4.36. The number of amides is 1. The average molecular weight is 324 g/mol. The molecule has 1 heterocycles. The summed E-state index contributed by atoms with van der Waals surface area (Å²) >= 11 is 0. The van der Waals surface area contributed by atoms with E-state index in [4.69, 9.17) is 4.74 Å². The first kappa shape index (κ1) is 16.4. The van der Waals surface area contributed by atoms with E-state index in [2.05, 4.69) is 29.4 Å². The van der Waals surface area contributed by atoms with Gasteiger partial charge in [-0.05, 0) is 36.6 Å². The summed E-state index contributed by atoms with van der Waals surface area (Å²) in [6.45, 7) is 1.67. The average Bonchev–Trinajstić information content (AvgIpc) is 3.06. The summed E-state index contributed by atoms with van der Waals surface area (Å²) in [6.07, 6.45) is 2.29. The molecule has 2 aromatic carbocycles. The minimum absolute atomic E-state index is 0.0115. The highest BCUT2D eigenvalue weighted by Crippen LogP contribution is 2.28. The standard InChI is InChI=1S/C20H24N2O2/c1-22(17-10-3-2-4-11-17)14-8-7-13-21-20(23)19-15-16-9-5-6-12-18(16)24-19/h2-6,9-12,19H,7-8,13-15H2,1H3,(H,21,23). The zero-order valence-corrected chi connectivity index (χ0v) is 14.1. The number of nitrogens with zero attached hydrogens (tertiary/aromatic N) is 1. The number of carbonyl (C=O) groups is 1. The van der Waals surface area contributed by atoms with E-state index >= 15 is 0 Å². The molecule has 126 valence electrons. The van der Waals surface area contributed by atoms with Crippen molar-refractivity contribution in [1.82, 2.24) is 5.32 Å². The van der Waals surface area contributed by atoms with E-state index in [9.17, 15) is 4.79 Å². The summed E-state index contributed by atoms with van der Waals surface area (Å²) in [7, 11) is 2.09. The lowest BCUT2D eigenvalue weighted by atomic mass is 10.1. The Morgan fingerprint density at radius 1 is 1.12 bits per heavy atom. The maximum atomic E-state index is 12.2. The normalized spacial score (nSPS) is 15.5. The number of nitrogens with one attached hydrogen (secondary N) is 1. The molecule has 0 bridgehead atoms. The van der Waals surface area contributed by atoms with Gasteiger partial charge in [0.1, 0.15) is 5.75 Å². The topological polar surface area (TPSA) is 41.6 Å². The molecule has 0 radical (unpaired) electrons. The minimum Gasteiger partial charge on any atom is -0.480 e. The maximum absolute atomic E-state index is 12.2. The molecule has 24 heavy (non-hydrogen) atoms. The molecule has 1 aliphatic heterocycles. The molecule has 4 heteroatoms. The number of hydrogen-bond donors (Lipinski definition) is 1. The highest BCUT2D eigenvalue weighted by molar-refractivity contribution is 5.82. The molecule has 0 saturated carbocycles. The first-order valence-electron chi connectivity index (χ1n) is 8.52. The molecule has 4 nitrogen and oxygen atoms in total. The van der Waals surface area contributed by atoms with Crippen LogP contribution >= 0.6 is 0 Å². The minimum atomic E-state index is -0.380. The Kier molecular flexibility index (Phi) is 5.36. The summed E-state index contributed by atoms with van der Waals surface area (Å²) in [5, 5.41) is 2.99. The van der Waals surface area contributed by atoms with Gasteiger partial charge in [-0.2, -0.15) is 0 Å². The monoisotopic (exact) mass is 324 g/mol. The number of ether oxygens (including phenoxy) is 1. The smallest absolute Gasteiger partial charge is 0.261 e. The number of hydrogen-bond acceptors (Lipinski definition) is 3. The van der Waals surface area contributed by atoms with Crippen molar-refractivity contribution in [2.24, 2.45) is 0 Å². The van der Waals surface area contributed by atoms with Crippen molar-refractivity contribution in [3.05, 3.63) is 60.2 Å². The third kappa shape index (κ3) is 4.07. The molecule has 0 aliphatic carbocycles. The molecule has 3 rings (SSSR count). The number of unbranched alkanes of at least 4 members (excludes halogenated alkanes) is 1. The predicted molar refractivity (Wildman–Crippen MR) is 96.5 cm³/mol. The Hall–Kier alpha value is -2.49. The van der Waals surface area contributed by atoms with E-state index in [1.165, 1.54) is 5.69 Å². The van der Waals surface area contributed by atoms with Crippen molar-refractivity contribution < 1.29 is 9.53 Å². The fraction of sp³-hybridized carbons (Fsp3) is 0.350. The Morgan fingerprint density at radius 2 is 1.88 bits per heavy atom. The second-order valence-electron chi connectivity index (χ2n) is 6.17. The van der Waals surface area contributed by atoms with E-state index in [0.717, 1.165) is 30.7 Å². The number of anilines is 1. The van der Waals surface area contributed by atoms with Crippen LogP contribution < -0.4 is 15.0 Å². The first-order valence-corrected chi connectivity index (χ1v) is 8.52. The highest BCUT2D eigenvalue weighted by Gasteiger charge is 2.28. The Labute approximate surface area is 143 Å². The lowest BCUT2D eigenvalue weighted by molar-refractivity contribution is -0.127. The molecule has 0 fully saturated rings. The van der Waals surface area contributed by atoms with Gasteiger partial charge < -0.3 is 15.0 Å². The fourth-order valence-corrected chi connectivity index (χ4v) is 2.94. The summed E-state index contributed by atoms with van der Waals surface area (Å²) in [4.78, 5) is 14.4. The number of para-hydroxylation sites is 2. The second-order valence-corrected chi connectivity index (χ2v) is 6.17. The zero-order valence-electron chi connectivity index (χ0n) is 14.1. The summed E-state index contributed by atoms with van der Waals surface area (Å²) in [6, 6.07) is 18.2. The molecule has 2 aromatic rings. The van der Waals surface area contributed by atoms with Crippen molar-refractivity contribution in [2.45, 2.75) is 25.4 Å². The second kappa shape index (κ2) is 7.86. The van der Waals surface area contributed by atoms with Crippen LogP contribution in [0.4, 0.5) is 5.69 Å². The van der Waals surface area contributed by atoms with Gasteiger partial charge in [0.15, 0.2) is 6.10 Å². The molecule has 1 aliphatic rings. The van der Waals surface area contributed by atoms with Crippen molar-refractivity contribution in [3.8, 4) is 5.75 Å². The quantitative estimate of drug-likeness (QED) is 0.796. The SMILES string of the molecule is CN(CCCCNC(=O)C1Cc2ccccc2O1)c1ccccc1. The van der Waals surface area contributed by atoms with Crippen molar-refractivity contribution in [1.29, 1.82) is 0 Å². The van der Waals surface area contributed by atoms with Crippen LogP contribution in [-0.4, -0.2) is 32.1 Å². The Balaban J connectivity index is 1.33. The van der Waals surface area contributed by atoms with E-state index < -0.39 is 0 Å². The Bertz CT molecular complexity index is 647. The molecule has 1 atom stereocenters. The zero-order chi connectivity index (χ0) is 16.8. The van der Waals surface area contributed by atoms with Crippen LogP contribution in [0.15, 0.2) is 54.6 Å². The third-order valence-corrected chi connectivity index (χ3v) is 4.36. The lowest BCUT2D eigenvalue weighted by Crippen LogP contribution is -2.38. The Morgan fingerprint density at radius 3 is 2.67 bits per heavy atom. The molecule has 0 spiro atoms. The molecule has 1 unspecified atom stereocenters. The molecular formula is C20H24N2O2. The van der Waals surface area contributed by atoms with Gasteiger partial charge in [0.25, 0.3) is 5.91 Å². The van der Waals surface area contributed by atoms with Crippen LogP contribution in [0.2, 0.25) is 0 Å². The number of fused-ring (bicyclic) bond motifs is 1. The van der Waals surface area contributed by atoms with Crippen LogP contribution in [0.1, 0.15) is 18.4 Å². The van der Waals surface area contributed by atoms with E-state index in [-0.39, 0.29) is 12.0 Å². The van der Waals surface area contributed by atoms with Crippen molar-refractivity contribution >= 4 is 11.6 Å². The maximum Gasteiger partial charge on any atom is 0.261 e. The fourth-order valence-electron chi connectivity index (χ4n) is 2.94. The summed E-state index contributed by atoms with van der Waals surface area (Å²) in [5.74, 6) is 0.824. The van der Waals surface area contributed by atoms with Crippen LogP contribution in [0.3, 0.4) is 0 Å². The number of rotatable bonds is 7. The predicted octanol–water partition coefficient (Wildman–Crippen LogP) is 3.02. The van der Waals surface area contributed by atoms with Gasteiger partial charge in [0.05, 0.1) is 0 Å². The molecule has 0 aromatic heterocycles. The van der Waals surface area contributed by atoms with Gasteiger partial charge in [0, 0.05) is 32.2 Å².